The molecule has 1 saturated heterocycles. The van der Waals surface area contributed by atoms with Crippen LogP contribution in [0.4, 0.5) is 4.79 Å². The Morgan fingerprint density at radius 2 is 1.45 bits per heavy atom. The zero-order valence-electron chi connectivity index (χ0n) is 23.9. The summed E-state index contributed by atoms with van der Waals surface area (Å²) >= 11 is 0. The molecule has 42 heavy (non-hydrogen) atoms. The Morgan fingerprint density at radius 3 is 2.10 bits per heavy atom. The summed E-state index contributed by atoms with van der Waals surface area (Å²) in [6.07, 6.45) is 2.43. The molecule has 0 spiro atoms. The highest BCUT2D eigenvalue weighted by atomic mass is 16.5. The van der Waals surface area contributed by atoms with E-state index < -0.39 is 17.6 Å². The molecule has 3 N–H and O–H groups in total. The lowest BCUT2D eigenvalue weighted by atomic mass is 9.86. The molecule has 0 saturated carbocycles. The maximum absolute atomic E-state index is 13.6. The van der Waals surface area contributed by atoms with Crippen LogP contribution in [0.25, 0.3) is 11.1 Å². The third-order valence-corrected chi connectivity index (χ3v) is 8.43. The van der Waals surface area contributed by atoms with Gasteiger partial charge in [-0.05, 0) is 53.5 Å². The standard InChI is InChI=1S/C34H39N3O5/c38-31(39)17-5-2-10-20-35-32(40)34(18-21-37(22-19-34)23-25-11-3-1-4-12-25)36-33(41)42-24-30-28-15-8-6-13-26(28)27-14-7-9-16-29(27)30/h1,3-4,6-9,11-16,30H,2,5,10,17-24H2,(H,35,40)(H,36,41)(H,38,39). The number of carbonyl (C=O) groups is 3. The number of nitrogens with zero attached hydrogens (tertiary/aromatic N) is 1. The van der Waals surface area contributed by atoms with Crippen molar-refractivity contribution in [2.75, 3.05) is 26.2 Å². The molecular formula is C34H39N3O5. The van der Waals surface area contributed by atoms with Gasteiger partial charge in [0, 0.05) is 38.5 Å². The van der Waals surface area contributed by atoms with Gasteiger partial charge in [-0.15, -0.1) is 0 Å². The minimum absolute atomic E-state index is 0.0635. The number of ether oxygens (including phenoxy) is 1. The molecule has 0 bridgehead atoms. The predicted octanol–water partition coefficient (Wildman–Crippen LogP) is 5.32. The van der Waals surface area contributed by atoms with Gasteiger partial charge in [-0.1, -0.05) is 85.3 Å². The van der Waals surface area contributed by atoms with Crippen molar-refractivity contribution in [2.45, 2.75) is 56.5 Å². The lowest BCUT2D eigenvalue weighted by Gasteiger charge is -2.40. The van der Waals surface area contributed by atoms with Gasteiger partial charge in [0.25, 0.3) is 0 Å². The van der Waals surface area contributed by atoms with E-state index in [2.05, 4.69) is 51.9 Å². The number of fused-ring (bicyclic) bond motifs is 3. The highest BCUT2D eigenvalue weighted by molar-refractivity contribution is 5.90. The molecule has 1 fully saturated rings. The Bertz CT molecular complexity index is 1340. The first-order valence-corrected chi connectivity index (χ1v) is 14.8. The number of carboxylic acid groups (broad SMARTS) is 1. The van der Waals surface area contributed by atoms with E-state index in [-0.39, 0.29) is 24.9 Å². The molecule has 1 heterocycles. The predicted molar refractivity (Wildman–Crippen MR) is 161 cm³/mol. The van der Waals surface area contributed by atoms with Crippen LogP contribution in [0.2, 0.25) is 0 Å². The molecule has 5 rings (SSSR count). The number of carbonyl (C=O) groups excluding carboxylic acids is 2. The summed E-state index contributed by atoms with van der Waals surface area (Å²) < 4.78 is 5.82. The van der Waals surface area contributed by atoms with Crippen LogP contribution in [0.3, 0.4) is 0 Å². The van der Waals surface area contributed by atoms with Crippen LogP contribution in [0.5, 0.6) is 0 Å². The van der Waals surface area contributed by atoms with E-state index in [9.17, 15) is 14.4 Å². The molecule has 1 aliphatic carbocycles. The molecule has 0 radical (unpaired) electrons. The van der Waals surface area contributed by atoms with Crippen LogP contribution in [0.1, 0.15) is 61.1 Å². The number of hydrogen-bond acceptors (Lipinski definition) is 5. The Morgan fingerprint density at radius 1 is 0.833 bits per heavy atom. The minimum Gasteiger partial charge on any atom is -0.481 e. The van der Waals surface area contributed by atoms with Crippen LogP contribution >= 0.6 is 0 Å². The number of alkyl carbamates (subject to hydrolysis) is 1. The molecule has 1 aliphatic heterocycles. The number of nitrogens with one attached hydrogen (secondary N) is 2. The van der Waals surface area contributed by atoms with Gasteiger partial charge in [0.05, 0.1) is 0 Å². The molecule has 0 atom stereocenters. The first-order chi connectivity index (χ1) is 20.4. The monoisotopic (exact) mass is 569 g/mol. The van der Waals surface area contributed by atoms with E-state index in [1.165, 1.54) is 5.56 Å². The van der Waals surface area contributed by atoms with E-state index in [4.69, 9.17) is 9.84 Å². The number of hydrogen-bond donors (Lipinski definition) is 3. The highest BCUT2D eigenvalue weighted by Gasteiger charge is 2.43. The third kappa shape index (κ3) is 6.99. The van der Waals surface area contributed by atoms with Gasteiger partial charge in [-0.25, -0.2) is 4.79 Å². The van der Waals surface area contributed by atoms with Gasteiger partial charge in [-0.3, -0.25) is 14.5 Å². The van der Waals surface area contributed by atoms with Crippen molar-refractivity contribution in [3.05, 3.63) is 95.6 Å². The summed E-state index contributed by atoms with van der Waals surface area (Å²) in [7, 11) is 0. The normalized spacial score (nSPS) is 15.8. The highest BCUT2D eigenvalue weighted by Crippen LogP contribution is 2.44. The Hall–Kier alpha value is -4.17. The number of benzene rings is 3. The van der Waals surface area contributed by atoms with Crippen molar-refractivity contribution >= 4 is 18.0 Å². The number of unbranched alkanes of at least 4 members (excludes halogenated alkanes) is 2. The summed E-state index contributed by atoms with van der Waals surface area (Å²) in [5.41, 5.74) is 4.73. The van der Waals surface area contributed by atoms with Crippen LogP contribution in [0, 0.1) is 0 Å². The summed E-state index contributed by atoms with van der Waals surface area (Å²) in [4.78, 5) is 39.9. The van der Waals surface area contributed by atoms with E-state index in [0.717, 1.165) is 28.8 Å². The van der Waals surface area contributed by atoms with Crippen molar-refractivity contribution in [3.8, 4) is 11.1 Å². The smallest absolute Gasteiger partial charge is 0.408 e. The average Bonchev–Trinajstić information content (AvgIpc) is 3.33. The SMILES string of the molecule is O=C(O)CCCCCNC(=O)C1(NC(=O)OCC2c3ccccc3-c3ccccc32)CCN(Cc2ccccc2)CC1. The van der Waals surface area contributed by atoms with Gasteiger partial charge in [-0.2, -0.15) is 0 Å². The Kier molecular flexibility index (Phi) is 9.54. The van der Waals surface area contributed by atoms with Crippen molar-refractivity contribution < 1.29 is 24.2 Å². The number of carboxylic acids is 1. The van der Waals surface area contributed by atoms with Crippen molar-refractivity contribution in [3.63, 3.8) is 0 Å². The second-order valence-corrected chi connectivity index (χ2v) is 11.3. The van der Waals surface area contributed by atoms with Crippen LogP contribution in [0.15, 0.2) is 78.9 Å². The first kappa shape index (κ1) is 29.3. The van der Waals surface area contributed by atoms with Crippen molar-refractivity contribution in [1.82, 2.24) is 15.5 Å². The average molecular weight is 570 g/mol. The van der Waals surface area contributed by atoms with Crippen LogP contribution in [-0.4, -0.2) is 59.8 Å². The fourth-order valence-electron chi connectivity index (χ4n) is 6.12. The van der Waals surface area contributed by atoms with Crippen molar-refractivity contribution in [2.24, 2.45) is 0 Å². The molecule has 3 aromatic carbocycles. The number of likely N-dealkylation sites (tertiary alicyclic amines) is 1. The van der Waals surface area contributed by atoms with E-state index in [0.29, 0.717) is 51.7 Å². The molecule has 0 aromatic heterocycles. The Balaban J connectivity index is 1.22. The largest absolute Gasteiger partial charge is 0.481 e. The molecule has 8 nitrogen and oxygen atoms in total. The summed E-state index contributed by atoms with van der Waals surface area (Å²) in [6, 6.07) is 26.6. The number of amides is 2. The lowest BCUT2D eigenvalue weighted by molar-refractivity contribution is -0.137. The zero-order chi connectivity index (χ0) is 29.4. The van der Waals surface area contributed by atoms with E-state index in [1.54, 1.807) is 0 Å². The summed E-state index contributed by atoms with van der Waals surface area (Å²) in [5, 5.41) is 14.8. The molecule has 220 valence electrons. The number of aliphatic carboxylic acids is 1. The maximum Gasteiger partial charge on any atom is 0.408 e. The van der Waals surface area contributed by atoms with Gasteiger partial charge in [0.1, 0.15) is 12.1 Å². The third-order valence-electron chi connectivity index (χ3n) is 8.43. The topological polar surface area (TPSA) is 108 Å². The van der Waals surface area contributed by atoms with Gasteiger partial charge in [0.2, 0.25) is 5.91 Å². The zero-order valence-corrected chi connectivity index (χ0v) is 23.9. The molecule has 2 aliphatic rings. The molecule has 3 aromatic rings. The minimum atomic E-state index is -1.07. The summed E-state index contributed by atoms with van der Waals surface area (Å²) in [6.45, 7) is 2.71. The summed E-state index contributed by atoms with van der Waals surface area (Å²) in [5.74, 6) is -1.09. The van der Waals surface area contributed by atoms with E-state index >= 15 is 0 Å². The van der Waals surface area contributed by atoms with Gasteiger partial charge >= 0.3 is 12.1 Å². The quantitative estimate of drug-likeness (QED) is 0.255. The fraction of sp³-hybridized carbons (Fsp3) is 0.382. The fourth-order valence-corrected chi connectivity index (χ4v) is 6.12. The Labute approximate surface area is 247 Å². The van der Waals surface area contributed by atoms with Gasteiger partial charge < -0.3 is 20.5 Å². The first-order valence-electron chi connectivity index (χ1n) is 14.8. The van der Waals surface area contributed by atoms with Crippen LogP contribution < -0.4 is 10.6 Å². The molecule has 0 unspecified atom stereocenters. The number of rotatable bonds is 12. The number of piperidine rings is 1. The second-order valence-electron chi connectivity index (χ2n) is 11.3. The van der Waals surface area contributed by atoms with Crippen molar-refractivity contribution in [1.29, 1.82) is 0 Å². The van der Waals surface area contributed by atoms with Crippen LogP contribution in [-0.2, 0) is 20.9 Å². The molecular weight excluding hydrogens is 530 g/mol. The van der Waals surface area contributed by atoms with Gasteiger partial charge in [0.15, 0.2) is 0 Å². The van der Waals surface area contributed by atoms with E-state index in [1.807, 2.05) is 42.5 Å². The second kappa shape index (κ2) is 13.7. The molecule has 2 amide bonds. The maximum atomic E-state index is 13.6. The lowest BCUT2D eigenvalue weighted by Crippen LogP contribution is -2.63. The molecule has 8 heteroatoms.